The first-order valence-electron chi connectivity index (χ1n) is 11.6. The van der Waals surface area contributed by atoms with E-state index in [9.17, 15) is 9.59 Å². The summed E-state index contributed by atoms with van der Waals surface area (Å²) in [7, 11) is 0. The van der Waals surface area contributed by atoms with Gasteiger partial charge in [-0.3, -0.25) is 14.3 Å². The number of carbonyl (C=O) groups excluding carboxylic acids is 1. The second kappa shape index (κ2) is 9.38. The zero-order valence-corrected chi connectivity index (χ0v) is 19.5. The molecule has 6 aromatic rings. The number of amides is 1. The Kier molecular flexibility index (Phi) is 5.62. The topological polar surface area (TPSA) is 118 Å². The molecular formula is C28H20N6O3. The number of aromatic amines is 1. The normalized spacial score (nSPS) is 11.5. The van der Waals surface area contributed by atoms with Crippen LogP contribution in [0.5, 0.6) is 0 Å². The van der Waals surface area contributed by atoms with E-state index in [0.29, 0.717) is 34.3 Å². The molecule has 0 radical (unpaired) electrons. The first-order valence-corrected chi connectivity index (χ1v) is 11.6. The smallest absolute Gasteiger partial charge is 0.292 e. The van der Waals surface area contributed by atoms with E-state index in [2.05, 4.69) is 20.7 Å². The van der Waals surface area contributed by atoms with Crippen LogP contribution in [0.1, 0.15) is 21.6 Å². The fourth-order valence-corrected chi connectivity index (χ4v) is 4.17. The summed E-state index contributed by atoms with van der Waals surface area (Å²) in [6.45, 7) is 0.557. The Morgan fingerprint density at radius 1 is 1.00 bits per heavy atom. The van der Waals surface area contributed by atoms with E-state index in [1.54, 1.807) is 28.9 Å². The van der Waals surface area contributed by atoms with Gasteiger partial charge in [0.15, 0.2) is 11.5 Å². The van der Waals surface area contributed by atoms with Crippen molar-refractivity contribution in [1.29, 1.82) is 0 Å². The van der Waals surface area contributed by atoms with Gasteiger partial charge in [-0.25, -0.2) is 10.5 Å². The lowest BCUT2D eigenvalue weighted by atomic mass is 10.1. The van der Waals surface area contributed by atoms with Crippen LogP contribution in [0.3, 0.4) is 0 Å². The fourth-order valence-electron chi connectivity index (χ4n) is 4.17. The molecule has 180 valence electrons. The van der Waals surface area contributed by atoms with Gasteiger partial charge in [0.1, 0.15) is 11.3 Å². The summed E-state index contributed by atoms with van der Waals surface area (Å²) in [6.07, 6.45) is 3.36. The zero-order valence-electron chi connectivity index (χ0n) is 19.5. The molecule has 3 aromatic carbocycles. The summed E-state index contributed by atoms with van der Waals surface area (Å²) in [6, 6.07) is 26.4. The van der Waals surface area contributed by atoms with Crippen molar-refractivity contribution in [3.05, 3.63) is 118 Å². The minimum absolute atomic E-state index is 0.0737. The Labute approximate surface area is 210 Å². The summed E-state index contributed by atoms with van der Waals surface area (Å²) in [4.78, 5) is 24.9. The number of rotatable bonds is 6. The van der Waals surface area contributed by atoms with Gasteiger partial charge in [0, 0.05) is 22.5 Å². The van der Waals surface area contributed by atoms with Crippen molar-refractivity contribution in [3.63, 3.8) is 0 Å². The minimum Gasteiger partial charge on any atom is -0.454 e. The second-order valence-electron chi connectivity index (χ2n) is 8.41. The highest BCUT2D eigenvalue weighted by Gasteiger charge is 2.16. The van der Waals surface area contributed by atoms with Gasteiger partial charge in [0.25, 0.3) is 11.5 Å². The maximum absolute atomic E-state index is 12.8. The third-order valence-corrected chi connectivity index (χ3v) is 5.92. The van der Waals surface area contributed by atoms with Crippen LogP contribution in [0.25, 0.3) is 33.2 Å². The van der Waals surface area contributed by atoms with Crippen LogP contribution >= 0.6 is 0 Å². The Morgan fingerprint density at radius 3 is 2.59 bits per heavy atom. The van der Waals surface area contributed by atoms with Gasteiger partial charge < -0.3 is 4.42 Å². The number of hydrogen-bond acceptors (Lipinski definition) is 6. The fraction of sp³-hybridized carbons (Fsp3) is 0.0357. The molecule has 0 aliphatic heterocycles. The number of nitrogens with one attached hydrogen (secondary N) is 2. The molecule has 3 aromatic heterocycles. The molecule has 0 unspecified atom stereocenters. The monoisotopic (exact) mass is 488 g/mol. The number of hydrogen-bond donors (Lipinski definition) is 2. The average molecular weight is 489 g/mol. The molecule has 3 heterocycles. The van der Waals surface area contributed by atoms with Crippen molar-refractivity contribution in [2.45, 2.75) is 6.54 Å². The third-order valence-electron chi connectivity index (χ3n) is 5.92. The Morgan fingerprint density at radius 2 is 1.76 bits per heavy atom. The summed E-state index contributed by atoms with van der Waals surface area (Å²) < 4.78 is 7.85. The molecule has 0 saturated heterocycles. The number of fused-ring (bicyclic) bond motifs is 2. The Balaban J connectivity index is 1.32. The zero-order chi connectivity index (χ0) is 25.2. The van der Waals surface area contributed by atoms with Gasteiger partial charge in [0.05, 0.1) is 18.1 Å². The molecule has 0 aliphatic rings. The molecule has 0 fully saturated rings. The van der Waals surface area contributed by atoms with Crippen LogP contribution < -0.4 is 11.0 Å². The molecule has 37 heavy (non-hydrogen) atoms. The van der Waals surface area contributed by atoms with Crippen molar-refractivity contribution in [2.24, 2.45) is 5.10 Å². The first kappa shape index (κ1) is 22.2. The van der Waals surface area contributed by atoms with E-state index < -0.39 is 5.91 Å². The van der Waals surface area contributed by atoms with Crippen LogP contribution in [0.4, 0.5) is 0 Å². The van der Waals surface area contributed by atoms with Crippen LogP contribution in [-0.4, -0.2) is 32.1 Å². The number of para-hydroxylation sites is 1. The van der Waals surface area contributed by atoms with Crippen LogP contribution in [-0.2, 0) is 6.54 Å². The number of hydrazone groups is 1. The van der Waals surface area contributed by atoms with Crippen molar-refractivity contribution >= 4 is 33.9 Å². The summed E-state index contributed by atoms with van der Waals surface area (Å²) >= 11 is 0. The maximum Gasteiger partial charge on any atom is 0.292 e. The molecule has 0 spiro atoms. The number of nitrogens with zero attached hydrogens (tertiary/aromatic N) is 4. The lowest BCUT2D eigenvalue weighted by Gasteiger charge is -2.03. The molecule has 6 rings (SSSR count). The minimum atomic E-state index is -0.550. The molecule has 9 nitrogen and oxygen atoms in total. The first-order chi connectivity index (χ1) is 18.2. The molecule has 1 amide bonds. The van der Waals surface area contributed by atoms with E-state index in [1.165, 1.54) is 6.21 Å². The predicted molar refractivity (Wildman–Crippen MR) is 140 cm³/mol. The van der Waals surface area contributed by atoms with E-state index in [-0.39, 0.29) is 11.3 Å². The van der Waals surface area contributed by atoms with Crippen molar-refractivity contribution in [1.82, 2.24) is 25.4 Å². The molecule has 9 heteroatoms. The van der Waals surface area contributed by atoms with E-state index in [4.69, 9.17) is 9.52 Å². The highest BCUT2D eigenvalue weighted by Crippen LogP contribution is 2.28. The van der Waals surface area contributed by atoms with Gasteiger partial charge in [-0.2, -0.15) is 15.3 Å². The van der Waals surface area contributed by atoms with Gasteiger partial charge in [-0.1, -0.05) is 66.7 Å². The number of H-pyrrole nitrogens is 1. The van der Waals surface area contributed by atoms with Crippen LogP contribution in [0.2, 0.25) is 0 Å². The molecule has 0 aliphatic carbocycles. The number of furan rings is 1. The maximum atomic E-state index is 12.8. The Bertz CT molecular complexity index is 1800. The van der Waals surface area contributed by atoms with Gasteiger partial charge >= 0.3 is 0 Å². The molecular weight excluding hydrogens is 468 g/mol. The summed E-state index contributed by atoms with van der Waals surface area (Å²) in [5.41, 5.74) is 5.31. The third kappa shape index (κ3) is 4.41. The average Bonchev–Trinajstić information content (AvgIpc) is 3.53. The van der Waals surface area contributed by atoms with Gasteiger partial charge in [-0.15, -0.1) is 0 Å². The second-order valence-corrected chi connectivity index (χ2v) is 8.41. The molecule has 0 saturated carbocycles. The Hall–Kier alpha value is -5.31. The molecule has 0 atom stereocenters. The van der Waals surface area contributed by atoms with E-state index in [1.807, 2.05) is 66.9 Å². The highest BCUT2D eigenvalue weighted by molar-refractivity contribution is 6.05. The van der Waals surface area contributed by atoms with Gasteiger partial charge in [-0.05, 0) is 23.8 Å². The SMILES string of the molecule is O=C(N/N=C/c1cn(Cc2ccccc2)nc1-c1cc2ccccc2o1)c1n[nH]c(=O)c2ccccc12. The molecule has 0 bridgehead atoms. The lowest BCUT2D eigenvalue weighted by molar-refractivity contribution is 0.0951. The van der Waals surface area contributed by atoms with Crippen molar-refractivity contribution < 1.29 is 9.21 Å². The largest absolute Gasteiger partial charge is 0.454 e. The van der Waals surface area contributed by atoms with Crippen molar-refractivity contribution in [3.8, 4) is 11.5 Å². The summed E-state index contributed by atoms with van der Waals surface area (Å²) in [5, 5.41) is 17.0. The van der Waals surface area contributed by atoms with Crippen LogP contribution in [0, 0.1) is 0 Å². The molecule has 2 N–H and O–H groups in total. The van der Waals surface area contributed by atoms with E-state index >= 15 is 0 Å². The standard InChI is InChI=1S/C28H20N6O3/c35-27-22-12-6-5-11-21(22)26(30-32-27)28(36)31-29-15-20-17-34(16-18-8-2-1-3-9-18)33-25(20)24-14-19-10-4-7-13-23(19)37-24/h1-15,17H,16H2,(H,31,36)(H,32,35)/b29-15+. The number of carbonyl (C=O) groups is 1. The number of benzene rings is 3. The van der Waals surface area contributed by atoms with Gasteiger partial charge in [0.2, 0.25) is 0 Å². The van der Waals surface area contributed by atoms with E-state index in [0.717, 1.165) is 16.5 Å². The summed E-state index contributed by atoms with van der Waals surface area (Å²) in [5.74, 6) is 0.0414. The lowest BCUT2D eigenvalue weighted by Crippen LogP contribution is -2.22. The van der Waals surface area contributed by atoms with Crippen molar-refractivity contribution in [2.75, 3.05) is 0 Å². The predicted octanol–water partition coefficient (Wildman–Crippen LogP) is 4.35. The quantitative estimate of drug-likeness (QED) is 0.267. The highest BCUT2D eigenvalue weighted by atomic mass is 16.3. The number of aromatic nitrogens is 4. The van der Waals surface area contributed by atoms with Crippen LogP contribution in [0.15, 0.2) is 105 Å².